The minimum atomic E-state index is -1.50. The number of carbonyl (C=O) groups is 1. The number of fused-ring (bicyclic) bond motifs is 1. The first kappa shape index (κ1) is 28.8. The molecule has 1 unspecified atom stereocenters. The molecular formula is C28H39N3O6S. The molecule has 0 aromatic heterocycles. The van der Waals surface area contributed by atoms with Crippen molar-refractivity contribution in [3.8, 4) is 0 Å². The Kier molecular flexibility index (Phi) is 10.4. The van der Waals surface area contributed by atoms with Gasteiger partial charge in [0.15, 0.2) is 11.2 Å². The van der Waals surface area contributed by atoms with Gasteiger partial charge in [-0.15, -0.1) is 4.31 Å². The summed E-state index contributed by atoms with van der Waals surface area (Å²) in [5, 5.41) is 14.3. The van der Waals surface area contributed by atoms with Gasteiger partial charge in [0.2, 0.25) is 0 Å². The van der Waals surface area contributed by atoms with E-state index in [1.165, 1.54) is 0 Å². The molecule has 4 N–H and O–H groups in total. The van der Waals surface area contributed by atoms with Gasteiger partial charge in [-0.1, -0.05) is 56.3 Å². The Hall–Kier alpha value is -2.18. The first-order valence-electron chi connectivity index (χ1n) is 13.2. The van der Waals surface area contributed by atoms with Gasteiger partial charge in [0, 0.05) is 13.1 Å². The van der Waals surface area contributed by atoms with E-state index < -0.39 is 35.7 Å². The second kappa shape index (κ2) is 13.7. The predicted octanol–water partition coefficient (Wildman–Crippen LogP) is 2.59. The molecule has 4 rings (SSSR count). The molecule has 0 saturated carbocycles. The van der Waals surface area contributed by atoms with E-state index >= 15 is 0 Å². The van der Waals surface area contributed by atoms with Crippen molar-refractivity contribution < 1.29 is 28.7 Å². The Morgan fingerprint density at radius 1 is 1.16 bits per heavy atom. The standard InChI is InChI=1S/C28H39N3O6S/c1-19(2)16-31(38(34)22-10-8-21(15-29)9-11-22)17-25(32)24(14-20-6-4-3-5-7-20)30-28(33)37-26-18-36-27-23(26)12-13-35-27/h3-11,19,23-27,32H,12-18,29H2,1-2H3,(H,30,33)/t23-,24-,25+,26-,27+,38?/m0/s1. The maximum Gasteiger partial charge on any atom is 0.407 e. The summed E-state index contributed by atoms with van der Waals surface area (Å²) in [7, 11) is 0. The van der Waals surface area contributed by atoms with E-state index in [1.807, 2.05) is 56.3 Å². The lowest BCUT2D eigenvalue weighted by atomic mass is 10.0. The Balaban J connectivity index is 1.46. The molecule has 2 heterocycles. The number of carbonyl (C=O) groups excluding carboxylic acids is 1. The van der Waals surface area contributed by atoms with Gasteiger partial charge in [0.25, 0.3) is 0 Å². The van der Waals surface area contributed by atoms with Crippen LogP contribution in [0.3, 0.4) is 0 Å². The Morgan fingerprint density at radius 3 is 2.58 bits per heavy atom. The Morgan fingerprint density at radius 2 is 1.89 bits per heavy atom. The SMILES string of the molecule is CC(C)CN(C[C@@H](O)[C@H](Cc1ccccc1)NC(=O)O[C@H]1CO[C@H]2OCC[C@H]21)[S+]([O-])c1ccc(CN)cc1. The van der Waals surface area contributed by atoms with E-state index in [4.69, 9.17) is 19.9 Å². The van der Waals surface area contributed by atoms with E-state index in [-0.39, 0.29) is 24.7 Å². The molecule has 6 atom stereocenters. The van der Waals surface area contributed by atoms with Crippen LogP contribution in [0.25, 0.3) is 0 Å². The molecule has 0 aliphatic carbocycles. The Bertz CT molecular complexity index is 1010. The van der Waals surface area contributed by atoms with Crippen molar-refractivity contribution in [3.05, 3.63) is 65.7 Å². The second-order valence-corrected chi connectivity index (χ2v) is 11.8. The average Bonchev–Trinajstić information content (AvgIpc) is 3.53. The molecule has 208 valence electrons. The summed E-state index contributed by atoms with van der Waals surface area (Å²) in [5.74, 6) is 0.233. The molecule has 2 aromatic rings. The van der Waals surface area contributed by atoms with Gasteiger partial charge in [-0.25, -0.2) is 4.79 Å². The van der Waals surface area contributed by atoms with Crippen LogP contribution >= 0.6 is 0 Å². The average molecular weight is 546 g/mol. The molecule has 0 bridgehead atoms. The van der Waals surface area contributed by atoms with Gasteiger partial charge in [-0.2, -0.15) is 0 Å². The van der Waals surface area contributed by atoms with E-state index in [0.29, 0.717) is 37.6 Å². The third-order valence-corrected chi connectivity index (χ3v) is 8.31. The van der Waals surface area contributed by atoms with E-state index in [1.54, 1.807) is 16.4 Å². The normalized spacial score (nSPS) is 23.3. The minimum Gasteiger partial charge on any atom is -0.593 e. The summed E-state index contributed by atoms with van der Waals surface area (Å²) < 4.78 is 32.1. The number of alkyl carbamates (subject to hydrolysis) is 1. The quantitative estimate of drug-likeness (QED) is 0.347. The lowest BCUT2D eigenvalue weighted by Gasteiger charge is -2.31. The van der Waals surface area contributed by atoms with Crippen LogP contribution in [-0.2, 0) is 38.5 Å². The van der Waals surface area contributed by atoms with Crippen LogP contribution in [0.2, 0.25) is 0 Å². The fraction of sp³-hybridized carbons (Fsp3) is 0.536. The predicted molar refractivity (Wildman–Crippen MR) is 144 cm³/mol. The van der Waals surface area contributed by atoms with Gasteiger partial charge < -0.3 is 34.9 Å². The summed E-state index contributed by atoms with van der Waals surface area (Å²) in [4.78, 5) is 13.6. The molecule has 2 aliphatic heterocycles. The van der Waals surface area contributed by atoms with Crippen LogP contribution in [0.5, 0.6) is 0 Å². The lowest BCUT2D eigenvalue weighted by molar-refractivity contribution is -0.0907. The van der Waals surface area contributed by atoms with Gasteiger partial charge >= 0.3 is 6.09 Å². The molecule has 2 saturated heterocycles. The van der Waals surface area contributed by atoms with E-state index in [2.05, 4.69) is 5.32 Å². The van der Waals surface area contributed by atoms with E-state index in [0.717, 1.165) is 17.5 Å². The number of hydrogen-bond acceptors (Lipinski definition) is 8. The number of aliphatic hydroxyl groups excluding tert-OH is 1. The Labute approximate surface area is 227 Å². The van der Waals surface area contributed by atoms with Crippen molar-refractivity contribution in [2.75, 3.05) is 26.3 Å². The van der Waals surface area contributed by atoms with Crippen molar-refractivity contribution >= 4 is 17.5 Å². The monoisotopic (exact) mass is 545 g/mol. The molecular weight excluding hydrogens is 506 g/mol. The number of nitrogens with one attached hydrogen (secondary N) is 1. The van der Waals surface area contributed by atoms with Crippen molar-refractivity contribution in [1.82, 2.24) is 9.62 Å². The number of nitrogens with zero attached hydrogens (tertiary/aromatic N) is 1. The van der Waals surface area contributed by atoms with Crippen molar-refractivity contribution in [1.29, 1.82) is 0 Å². The van der Waals surface area contributed by atoms with Crippen LogP contribution < -0.4 is 11.1 Å². The van der Waals surface area contributed by atoms with Crippen LogP contribution in [0, 0.1) is 11.8 Å². The smallest absolute Gasteiger partial charge is 0.407 e. The first-order chi connectivity index (χ1) is 18.3. The molecule has 1 amide bonds. The third-order valence-electron chi connectivity index (χ3n) is 6.86. The molecule has 2 fully saturated rings. The highest BCUT2D eigenvalue weighted by atomic mass is 32.2. The highest BCUT2D eigenvalue weighted by Crippen LogP contribution is 2.33. The van der Waals surface area contributed by atoms with Gasteiger partial charge in [-0.05, 0) is 42.0 Å². The van der Waals surface area contributed by atoms with Crippen molar-refractivity contribution in [2.24, 2.45) is 17.6 Å². The number of aliphatic hydroxyl groups is 1. The molecule has 2 aliphatic rings. The highest BCUT2D eigenvalue weighted by molar-refractivity contribution is 7.89. The minimum absolute atomic E-state index is 0.0212. The molecule has 38 heavy (non-hydrogen) atoms. The zero-order chi connectivity index (χ0) is 27.1. The van der Waals surface area contributed by atoms with Crippen LogP contribution in [0.1, 0.15) is 31.4 Å². The maximum atomic E-state index is 13.5. The number of rotatable bonds is 12. The van der Waals surface area contributed by atoms with Crippen LogP contribution in [0.4, 0.5) is 4.79 Å². The number of benzene rings is 2. The topological polar surface area (TPSA) is 129 Å². The fourth-order valence-corrected chi connectivity index (χ4v) is 6.25. The van der Waals surface area contributed by atoms with Crippen molar-refractivity contribution in [3.63, 3.8) is 0 Å². The van der Waals surface area contributed by atoms with Crippen LogP contribution in [-0.4, -0.2) is 70.9 Å². The molecule has 9 nitrogen and oxygen atoms in total. The third kappa shape index (κ3) is 7.69. The number of ether oxygens (including phenoxy) is 3. The summed E-state index contributed by atoms with van der Waals surface area (Å²) in [6.07, 6.45) is -1.16. The van der Waals surface area contributed by atoms with Gasteiger partial charge in [0.1, 0.15) is 6.10 Å². The molecule has 0 radical (unpaired) electrons. The lowest BCUT2D eigenvalue weighted by Crippen LogP contribution is -2.51. The summed E-state index contributed by atoms with van der Waals surface area (Å²) in [5.41, 5.74) is 7.61. The molecule has 10 heteroatoms. The number of nitrogens with two attached hydrogens (primary N) is 1. The highest BCUT2D eigenvalue weighted by Gasteiger charge is 2.44. The van der Waals surface area contributed by atoms with E-state index in [9.17, 15) is 14.5 Å². The molecule has 0 spiro atoms. The molecule has 2 aromatic carbocycles. The first-order valence-corrected chi connectivity index (χ1v) is 14.3. The van der Waals surface area contributed by atoms with Crippen LogP contribution in [0.15, 0.2) is 59.5 Å². The largest absolute Gasteiger partial charge is 0.593 e. The maximum absolute atomic E-state index is 13.5. The number of amides is 1. The summed E-state index contributed by atoms with van der Waals surface area (Å²) >= 11 is -1.50. The van der Waals surface area contributed by atoms with Gasteiger partial charge in [-0.3, -0.25) is 0 Å². The van der Waals surface area contributed by atoms with Crippen molar-refractivity contribution in [2.45, 2.75) is 62.7 Å². The zero-order valence-electron chi connectivity index (χ0n) is 22.0. The second-order valence-electron chi connectivity index (χ2n) is 10.3. The summed E-state index contributed by atoms with van der Waals surface area (Å²) in [6, 6.07) is 16.3. The van der Waals surface area contributed by atoms with Gasteiger partial charge in [0.05, 0.1) is 49.2 Å². The summed E-state index contributed by atoms with van der Waals surface area (Å²) in [6.45, 7) is 5.97. The zero-order valence-corrected chi connectivity index (χ0v) is 22.8. The fourth-order valence-electron chi connectivity index (χ4n) is 4.87. The number of hydrogen-bond donors (Lipinski definition) is 3.